The summed E-state index contributed by atoms with van der Waals surface area (Å²) in [6.07, 6.45) is 2.55. The molecule has 0 saturated carbocycles. The first kappa shape index (κ1) is 7.82. The molecule has 1 aromatic rings. The SMILES string of the molecule is CC[C@H](N)c1cc(Br)co1. The molecule has 0 aromatic carbocycles. The molecule has 0 saturated heterocycles. The third-order valence-corrected chi connectivity index (χ3v) is 1.81. The fourth-order valence-corrected chi connectivity index (χ4v) is 1.04. The van der Waals surface area contributed by atoms with Gasteiger partial charge in [0.15, 0.2) is 0 Å². The lowest BCUT2D eigenvalue weighted by molar-refractivity contribution is 0.460. The van der Waals surface area contributed by atoms with Gasteiger partial charge in [0.1, 0.15) is 12.0 Å². The first-order chi connectivity index (χ1) is 4.74. The normalized spacial score (nSPS) is 13.5. The highest BCUT2D eigenvalue weighted by molar-refractivity contribution is 9.10. The van der Waals surface area contributed by atoms with E-state index in [9.17, 15) is 0 Å². The molecule has 0 amide bonds. The van der Waals surface area contributed by atoms with E-state index < -0.39 is 0 Å². The molecule has 0 aliphatic heterocycles. The Morgan fingerprint density at radius 3 is 2.90 bits per heavy atom. The van der Waals surface area contributed by atoms with Gasteiger partial charge in [-0.25, -0.2) is 0 Å². The predicted molar refractivity (Wildman–Crippen MR) is 43.6 cm³/mol. The van der Waals surface area contributed by atoms with Crippen molar-refractivity contribution < 1.29 is 4.42 Å². The minimum atomic E-state index is 0.0336. The van der Waals surface area contributed by atoms with Gasteiger partial charge in [0.25, 0.3) is 0 Å². The van der Waals surface area contributed by atoms with Crippen molar-refractivity contribution in [3.63, 3.8) is 0 Å². The van der Waals surface area contributed by atoms with E-state index in [0.29, 0.717) is 0 Å². The first-order valence-electron chi connectivity index (χ1n) is 3.23. The van der Waals surface area contributed by atoms with E-state index in [-0.39, 0.29) is 6.04 Å². The van der Waals surface area contributed by atoms with Crippen molar-refractivity contribution in [3.8, 4) is 0 Å². The average Bonchev–Trinajstić information content (AvgIpc) is 2.34. The highest BCUT2D eigenvalue weighted by Crippen LogP contribution is 2.20. The zero-order valence-corrected chi connectivity index (χ0v) is 7.39. The third-order valence-electron chi connectivity index (χ3n) is 1.39. The lowest BCUT2D eigenvalue weighted by atomic mass is 10.2. The van der Waals surface area contributed by atoms with Crippen molar-refractivity contribution in [3.05, 3.63) is 22.6 Å². The van der Waals surface area contributed by atoms with Crippen molar-refractivity contribution in [2.45, 2.75) is 19.4 Å². The second-order valence-electron chi connectivity index (χ2n) is 2.18. The molecule has 3 heteroatoms. The molecule has 2 nitrogen and oxygen atoms in total. The molecule has 0 radical (unpaired) electrons. The van der Waals surface area contributed by atoms with Gasteiger partial charge in [-0.2, -0.15) is 0 Å². The lowest BCUT2D eigenvalue weighted by Gasteiger charge is -2.01. The van der Waals surface area contributed by atoms with Crippen LogP contribution in [0.2, 0.25) is 0 Å². The van der Waals surface area contributed by atoms with E-state index in [1.54, 1.807) is 6.26 Å². The van der Waals surface area contributed by atoms with E-state index in [1.165, 1.54) is 0 Å². The average molecular weight is 204 g/mol. The fraction of sp³-hybridized carbons (Fsp3) is 0.429. The zero-order valence-electron chi connectivity index (χ0n) is 5.80. The Kier molecular flexibility index (Phi) is 2.51. The zero-order chi connectivity index (χ0) is 7.56. The van der Waals surface area contributed by atoms with Gasteiger partial charge in [0.2, 0.25) is 0 Å². The summed E-state index contributed by atoms with van der Waals surface area (Å²) in [6, 6.07) is 1.93. The molecule has 1 heterocycles. The van der Waals surface area contributed by atoms with Gasteiger partial charge >= 0.3 is 0 Å². The second kappa shape index (κ2) is 3.21. The van der Waals surface area contributed by atoms with Crippen LogP contribution in [0.1, 0.15) is 25.1 Å². The fourth-order valence-electron chi connectivity index (χ4n) is 0.724. The van der Waals surface area contributed by atoms with Crippen LogP contribution in [-0.4, -0.2) is 0 Å². The Hall–Kier alpha value is -0.280. The number of halogens is 1. The molecule has 0 bridgehead atoms. The summed E-state index contributed by atoms with van der Waals surface area (Å²) in [4.78, 5) is 0. The molecule has 1 aromatic heterocycles. The van der Waals surface area contributed by atoms with Crippen molar-refractivity contribution >= 4 is 15.9 Å². The van der Waals surface area contributed by atoms with Crippen molar-refractivity contribution in [2.24, 2.45) is 5.73 Å². The Balaban J connectivity index is 2.74. The molecule has 56 valence electrons. The molecule has 0 aliphatic carbocycles. The van der Waals surface area contributed by atoms with Crippen LogP contribution in [0, 0.1) is 0 Å². The molecule has 0 spiro atoms. The van der Waals surface area contributed by atoms with Gasteiger partial charge < -0.3 is 10.2 Å². The maximum atomic E-state index is 5.69. The number of hydrogen-bond acceptors (Lipinski definition) is 2. The Morgan fingerprint density at radius 2 is 2.50 bits per heavy atom. The van der Waals surface area contributed by atoms with Crippen LogP contribution in [0.3, 0.4) is 0 Å². The van der Waals surface area contributed by atoms with Crippen LogP contribution in [0.25, 0.3) is 0 Å². The van der Waals surface area contributed by atoms with Crippen molar-refractivity contribution in [1.82, 2.24) is 0 Å². The molecular formula is C7H10BrNO. The first-order valence-corrected chi connectivity index (χ1v) is 4.03. The summed E-state index contributed by atoms with van der Waals surface area (Å²) in [5.41, 5.74) is 5.69. The van der Waals surface area contributed by atoms with Crippen molar-refractivity contribution in [2.75, 3.05) is 0 Å². The predicted octanol–water partition coefficient (Wildman–Crippen LogP) is 2.45. The third kappa shape index (κ3) is 1.61. The van der Waals surface area contributed by atoms with Gasteiger partial charge in [0, 0.05) is 0 Å². The molecule has 1 atom stereocenters. The van der Waals surface area contributed by atoms with Crippen LogP contribution >= 0.6 is 15.9 Å². The standard InChI is InChI=1S/C7H10BrNO/c1-2-6(9)7-3-5(8)4-10-7/h3-4,6H,2,9H2,1H3/t6-/m0/s1. The van der Waals surface area contributed by atoms with E-state index in [1.807, 2.05) is 13.0 Å². The molecule has 2 N–H and O–H groups in total. The van der Waals surface area contributed by atoms with Crippen LogP contribution < -0.4 is 5.73 Å². The molecule has 0 aliphatic rings. The molecule has 10 heavy (non-hydrogen) atoms. The number of rotatable bonds is 2. The minimum absolute atomic E-state index is 0.0336. The van der Waals surface area contributed by atoms with E-state index in [2.05, 4.69) is 15.9 Å². The van der Waals surface area contributed by atoms with E-state index in [0.717, 1.165) is 16.7 Å². The number of hydrogen-bond donors (Lipinski definition) is 1. The smallest absolute Gasteiger partial charge is 0.121 e. The quantitative estimate of drug-likeness (QED) is 0.803. The monoisotopic (exact) mass is 203 g/mol. The van der Waals surface area contributed by atoms with Gasteiger partial charge in [-0.1, -0.05) is 6.92 Å². The van der Waals surface area contributed by atoms with Crippen LogP contribution in [-0.2, 0) is 0 Å². The van der Waals surface area contributed by atoms with Crippen LogP contribution in [0.15, 0.2) is 21.2 Å². The maximum absolute atomic E-state index is 5.69. The summed E-state index contributed by atoms with van der Waals surface area (Å²) < 4.78 is 6.10. The Labute approximate surface area is 68.5 Å². The lowest BCUT2D eigenvalue weighted by Crippen LogP contribution is -2.06. The van der Waals surface area contributed by atoms with Gasteiger partial charge in [-0.15, -0.1) is 0 Å². The molecule has 1 rings (SSSR count). The van der Waals surface area contributed by atoms with Gasteiger partial charge in [0.05, 0.1) is 10.5 Å². The minimum Gasteiger partial charge on any atom is -0.466 e. The highest BCUT2D eigenvalue weighted by Gasteiger charge is 2.06. The number of nitrogens with two attached hydrogens (primary N) is 1. The largest absolute Gasteiger partial charge is 0.466 e. The van der Waals surface area contributed by atoms with E-state index in [4.69, 9.17) is 10.2 Å². The van der Waals surface area contributed by atoms with Crippen molar-refractivity contribution in [1.29, 1.82) is 0 Å². The molecular weight excluding hydrogens is 194 g/mol. The summed E-state index contributed by atoms with van der Waals surface area (Å²) in [7, 11) is 0. The summed E-state index contributed by atoms with van der Waals surface area (Å²) in [5, 5.41) is 0. The Bertz CT molecular complexity index is 209. The molecule has 0 unspecified atom stereocenters. The summed E-state index contributed by atoms with van der Waals surface area (Å²) in [5.74, 6) is 0.842. The van der Waals surface area contributed by atoms with Crippen LogP contribution in [0.4, 0.5) is 0 Å². The second-order valence-corrected chi connectivity index (χ2v) is 3.10. The number of furan rings is 1. The summed E-state index contributed by atoms with van der Waals surface area (Å²) >= 11 is 3.28. The highest BCUT2D eigenvalue weighted by atomic mass is 79.9. The summed E-state index contributed by atoms with van der Waals surface area (Å²) in [6.45, 7) is 2.03. The van der Waals surface area contributed by atoms with Gasteiger partial charge in [-0.3, -0.25) is 0 Å². The molecule has 0 fully saturated rings. The van der Waals surface area contributed by atoms with E-state index >= 15 is 0 Å². The maximum Gasteiger partial charge on any atom is 0.121 e. The Morgan fingerprint density at radius 1 is 1.80 bits per heavy atom. The topological polar surface area (TPSA) is 39.2 Å². The van der Waals surface area contributed by atoms with Gasteiger partial charge in [-0.05, 0) is 28.4 Å². The van der Waals surface area contributed by atoms with Crippen LogP contribution in [0.5, 0.6) is 0 Å².